The third-order valence-electron chi connectivity index (χ3n) is 2.23. The van der Waals surface area contributed by atoms with Crippen LogP contribution in [-0.4, -0.2) is 12.4 Å². The van der Waals surface area contributed by atoms with Crippen molar-refractivity contribution in [3.63, 3.8) is 0 Å². The molecule has 0 fully saturated rings. The summed E-state index contributed by atoms with van der Waals surface area (Å²) in [5, 5.41) is 0.764. The number of rotatable bonds is 3. The van der Waals surface area contributed by atoms with Gasteiger partial charge in [-0.1, -0.05) is 41.9 Å². The Bertz CT molecular complexity index is 323. The van der Waals surface area contributed by atoms with Gasteiger partial charge in [0.05, 0.1) is 7.11 Å². The lowest BCUT2D eigenvalue weighted by atomic mass is 9.86. The number of alkyl halides is 1. The molecule has 0 saturated carbocycles. The molecule has 0 amide bonds. The van der Waals surface area contributed by atoms with Gasteiger partial charge in [-0.05, 0) is 6.07 Å². The highest BCUT2D eigenvalue weighted by Gasteiger charge is 2.24. The molecule has 1 aromatic rings. The van der Waals surface area contributed by atoms with Crippen LogP contribution in [0.15, 0.2) is 18.2 Å². The molecule has 0 N–H and O–H groups in total. The van der Waals surface area contributed by atoms with E-state index in [1.807, 2.05) is 19.9 Å². The summed E-state index contributed by atoms with van der Waals surface area (Å²) in [6, 6.07) is 5.01. The van der Waals surface area contributed by atoms with E-state index in [4.69, 9.17) is 4.74 Å². The highest BCUT2D eigenvalue weighted by molar-refractivity contribution is 9.09. The summed E-state index contributed by atoms with van der Waals surface area (Å²) in [5.74, 6) is 0.0379. The zero-order valence-electron chi connectivity index (χ0n) is 8.60. The van der Waals surface area contributed by atoms with Crippen molar-refractivity contribution in [1.29, 1.82) is 0 Å². The van der Waals surface area contributed by atoms with E-state index in [0.717, 1.165) is 10.9 Å². The number of ether oxygens (including phenoxy) is 1. The summed E-state index contributed by atoms with van der Waals surface area (Å²) in [7, 11) is 1.49. The van der Waals surface area contributed by atoms with E-state index in [9.17, 15) is 4.39 Å². The average molecular weight is 261 g/mol. The number of hydrogen-bond acceptors (Lipinski definition) is 1. The van der Waals surface area contributed by atoms with Crippen LogP contribution in [0.5, 0.6) is 5.75 Å². The van der Waals surface area contributed by atoms with Crippen LogP contribution >= 0.6 is 15.9 Å². The normalized spacial score (nSPS) is 11.5. The van der Waals surface area contributed by atoms with Crippen LogP contribution in [-0.2, 0) is 5.41 Å². The predicted molar refractivity (Wildman–Crippen MR) is 59.8 cm³/mol. The first-order valence-electron chi connectivity index (χ1n) is 4.42. The molecule has 0 atom stereocenters. The lowest BCUT2D eigenvalue weighted by Gasteiger charge is -2.24. The van der Waals surface area contributed by atoms with Gasteiger partial charge in [-0.25, -0.2) is 4.39 Å². The Kier molecular flexibility index (Phi) is 3.53. The molecule has 0 aliphatic heterocycles. The van der Waals surface area contributed by atoms with E-state index in [1.165, 1.54) is 13.2 Å². The van der Waals surface area contributed by atoms with Gasteiger partial charge in [0, 0.05) is 16.3 Å². The molecule has 0 heterocycles. The highest BCUT2D eigenvalue weighted by Crippen LogP contribution is 2.34. The van der Waals surface area contributed by atoms with Crippen molar-refractivity contribution >= 4 is 15.9 Å². The highest BCUT2D eigenvalue weighted by atomic mass is 79.9. The molecule has 14 heavy (non-hydrogen) atoms. The molecule has 0 spiro atoms. The maximum atomic E-state index is 13.4. The van der Waals surface area contributed by atoms with Crippen molar-refractivity contribution in [2.75, 3.05) is 12.4 Å². The van der Waals surface area contributed by atoms with Crippen molar-refractivity contribution < 1.29 is 9.13 Å². The molecule has 0 unspecified atom stereocenters. The van der Waals surface area contributed by atoms with Crippen LogP contribution in [0.2, 0.25) is 0 Å². The number of halogens is 2. The molecule has 0 aromatic heterocycles. The molecule has 0 bridgehead atoms. The number of benzene rings is 1. The van der Waals surface area contributed by atoms with E-state index >= 15 is 0 Å². The second-order valence-electron chi connectivity index (χ2n) is 3.84. The fourth-order valence-corrected chi connectivity index (χ4v) is 1.62. The van der Waals surface area contributed by atoms with Gasteiger partial charge >= 0.3 is 0 Å². The summed E-state index contributed by atoms with van der Waals surface area (Å²) >= 11 is 3.42. The Morgan fingerprint density at radius 3 is 2.57 bits per heavy atom. The number of hydrogen-bond donors (Lipinski definition) is 0. The maximum Gasteiger partial charge on any atom is 0.165 e. The largest absolute Gasteiger partial charge is 0.493 e. The quantitative estimate of drug-likeness (QED) is 0.756. The SMILES string of the molecule is COc1c(F)cccc1C(C)(C)CBr. The Hall–Kier alpha value is -0.570. The van der Waals surface area contributed by atoms with Crippen molar-refractivity contribution in [3.05, 3.63) is 29.6 Å². The molecule has 1 rings (SSSR count). The summed E-state index contributed by atoms with van der Waals surface area (Å²) in [6.45, 7) is 4.08. The Labute approximate surface area is 92.4 Å². The third-order valence-corrected chi connectivity index (χ3v) is 3.64. The summed E-state index contributed by atoms with van der Waals surface area (Å²) < 4.78 is 18.4. The van der Waals surface area contributed by atoms with Gasteiger partial charge in [-0.3, -0.25) is 0 Å². The van der Waals surface area contributed by atoms with E-state index in [1.54, 1.807) is 6.07 Å². The van der Waals surface area contributed by atoms with Gasteiger partial charge < -0.3 is 4.74 Å². The van der Waals surface area contributed by atoms with Crippen LogP contribution in [0.25, 0.3) is 0 Å². The Morgan fingerprint density at radius 2 is 2.07 bits per heavy atom. The van der Waals surface area contributed by atoms with Gasteiger partial charge in [0.2, 0.25) is 0 Å². The summed E-state index contributed by atoms with van der Waals surface area (Å²) in [6.07, 6.45) is 0. The standard InChI is InChI=1S/C11H14BrFO/c1-11(2,7-12)8-5-4-6-9(13)10(8)14-3/h4-6H,7H2,1-3H3. The molecular weight excluding hydrogens is 247 g/mol. The topological polar surface area (TPSA) is 9.23 Å². The van der Waals surface area contributed by atoms with E-state index in [0.29, 0.717) is 5.75 Å². The van der Waals surface area contributed by atoms with E-state index in [-0.39, 0.29) is 11.2 Å². The lowest BCUT2D eigenvalue weighted by Crippen LogP contribution is -2.20. The first-order valence-corrected chi connectivity index (χ1v) is 5.54. The molecule has 1 aromatic carbocycles. The lowest BCUT2D eigenvalue weighted by molar-refractivity contribution is 0.371. The minimum Gasteiger partial charge on any atom is -0.493 e. The first-order chi connectivity index (χ1) is 6.53. The fourth-order valence-electron chi connectivity index (χ4n) is 1.32. The molecule has 3 heteroatoms. The van der Waals surface area contributed by atoms with Gasteiger partial charge in [0.15, 0.2) is 11.6 Å². The van der Waals surface area contributed by atoms with Crippen LogP contribution in [0.3, 0.4) is 0 Å². The minimum atomic E-state index is -0.306. The van der Waals surface area contributed by atoms with E-state index < -0.39 is 0 Å². The monoisotopic (exact) mass is 260 g/mol. The van der Waals surface area contributed by atoms with E-state index in [2.05, 4.69) is 15.9 Å². The molecule has 0 aliphatic rings. The molecule has 1 nitrogen and oxygen atoms in total. The zero-order chi connectivity index (χ0) is 10.8. The predicted octanol–water partition coefficient (Wildman–Crippen LogP) is 3.51. The van der Waals surface area contributed by atoms with Crippen LogP contribution in [0, 0.1) is 5.82 Å². The summed E-state index contributed by atoms with van der Waals surface area (Å²) in [4.78, 5) is 0. The zero-order valence-corrected chi connectivity index (χ0v) is 10.2. The van der Waals surface area contributed by atoms with Crippen LogP contribution in [0.1, 0.15) is 19.4 Å². The summed E-state index contributed by atoms with van der Waals surface area (Å²) in [5.41, 5.74) is 0.754. The van der Waals surface area contributed by atoms with Crippen LogP contribution in [0.4, 0.5) is 4.39 Å². The third kappa shape index (κ3) is 2.08. The average Bonchev–Trinajstić information content (AvgIpc) is 2.17. The molecule has 0 saturated heterocycles. The Morgan fingerprint density at radius 1 is 1.43 bits per heavy atom. The molecule has 0 radical (unpaired) electrons. The number of para-hydroxylation sites is 1. The second kappa shape index (κ2) is 4.30. The molecule has 0 aliphatic carbocycles. The van der Waals surface area contributed by atoms with Gasteiger partial charge in [-0.15, -0.1) is 0 Å². The van der Waals surface area contributed by atoms with Crippen molar-refractivity contribution in [2.45, 2.75) is 19.3 Å². The van der Waals surface area contributed by atoms with Gasteiger partial charge in [-0.2, -0.15) is 0 Å². The van der Waals surface area contributed by atoms with Gasteiger partial charge in [0.1, 0.15) is 0 Å². The van der Waals surface area contributed by atoms with Crippen molar-refractivity contribution in [3.8, 4) is 5.75 Å². The van der Waals surface area contributed by atoms with Crippen LogP contribution < -0.4 is 4.74 Å². The minimum absolute atomic E-state index is 0.132. The molecular formula is C11H14BrFO. The smallest absolute Gasteiger partial charge is 0.165 e. The number of methoxy groups -OCH3 is 1. The maximum absolute atomic E-state index is 13.4. The second-order valence-corrected chi connectivity index (χ2v) is 4.40. The Balaban J connectivity index is 3.27. The van der Waals surface area contributed by atoms with Crippen molar-refractivity contribution in [1.82, 2.24) is 0 Å². The first kappa shape index (κ1) is 11.5. The van der Waals surface area contributed by atoms with Crippen molar-refractivity contribution in [2.24, 2.45) is 0 Å². The van der Waals surface area contributed by atoms with Gasteiger partial charge in [0.25, 0.3) is 0 Å². The fraction of sp³-hybridized carbons (Fsp3) is 0.455. The molecule has 78 valence electrons.